The monoisotopic (exact) mass is 151 g/mol. The van der Waals surface area contributed by atoms with Crippen LogP contribution in [0.4, 0.5) is 0 Å². The van der Waals surface area contributed by atoms with Gasteiger partial charge in [-0.25, -0.2) is 0 Å². The van der Waals surface area contributed by atoms with E-state index in [1.807, 2.05) is 0 Å². The summed E-state index contributed by atoms with van der Waals surface area (Å²) in [6.07, 6.45) is 3.22. The molecule has 1 aromatic rings. The van der Waals surface area contributed by atoms with Crippen molar-refractivity contribution in [1.29, 1.82) is 0 Å². The summed E-state index contributed by atoms with van der Waals surface area (Å²) >= 11 is 0. The van der Waals surface area contributed by atoms with Gasteiger partial charge in [0, 0.05) is 12.7 Å². The molecule has 0 fully saturated rings. The summed E-state index contributed by atoms with van der Waals surface area (Å²) in [4.78, 5) is 11.0. The summed E-state index contributed by atoms with van der Waals surface area (Å²) < 4.78 is 0. The van der Waals surface area contributed by atoms with Crippen molar-refractivity contribution in [2.24, 2.45) is 0 Å². The zero-order valence-corrected chi connectivity index (χ0v) is 6.00. The van der Waals surface area contributed by atoms with E-state index in [1.54, 1.807) is 18.3 Å². The Morgan fingerprint density at radius 1 is 1.91 bits per heavy atom. The van der Waals surface area contributed by atoms with Crippen molar-refractivity contribution in [3.8, 4) is 0 Å². The number of H-pyrrole nitrogens is 1. The summed E-state index contributed by atoms with van der Waals surface area (Å²) in [6.45, 7) is 3.94. The number of hydrogen-bond acceptors (Lipinski definition) is 2. The molecule has 0 aliphatic heterocycles. The Morgan fingerprint density at radius 2 is 2.73 bits per heavy atom. The van der Waals surface area contributed by atoms with Crippen LogP contribution in [0.15, 0.2) is 24.9 Å². The molecule has 1 aromatic heterocycles. The Labute approximate surface area is 64.3 Å². The zero-order valence-electron chi connectivity index (χ0n) is 6.00. The van der Waals surface area contributed by atoms with E-state index in [0.29, 0.717) is 12.2 Å². The molecule has 0 atom stereocenters. The van der Waals surface area contributed by atoms with E-state index in [4.69, 9.17) is 0 Å². The molecule has 11 heavy (non-hydrogen) atoms. The second-order valence-corrected chi connectivity index (χ2v) is 1.96. The highest BCUT2D eigenvalue weighted by Gasteiger charge is 2.03. The zero-order chi connectivity index (χ0) is 8.10. The Kier molecular flexibility index (Phi) is 2.43. The maximum absolute atomic E-state index is 11.0. The minimum Gasteiger partial charge on any atom is -0.347 e. The van der Waals surface area contributed by atoms with Gasteiger partial charge in [0.25, 0.3) is 5.91 Å². The van der Waals surface area contributed by atoms with E-state index in [9.17, 15) is 4.79 Å². The lowest BCUT2D eigenvalue weighted by Crippen LogP contribution is -2.23. The smallest absolute Gasteiger partial charge is 0.272 e. The van der Waals surface area contributed by atoms with Gasteiger partial charge < -0.3 is 5.32 Å². The van der Waals surface area contributed by atoms with E-state index < -0.39 is 0 Å². The molecule has 58 valence electrons. The average Bonchev–Trinajstić information content (AvgIpc) is 2.52. The molecule has 4 heteroatoms. The van der Waals surface area contributed by atoms with Crippen LogP contribution in [0.2, 0.25) is 0 Å². The number of aromatic amines is 1. The van der Waals surface area contributed by atoms with Gasteiger partial charge in [0.1, 0.15) is 5.69 Å². The van der Waals surface area contributed by atoms with E-state index in [1.165, 1.54) is 0 Å². The van der Waals surface area contributed by atoms with Crippen LogP contribution in [0.5, 0.6) is 0 Å². The fraction of sp³-hybridized carbons (Fsp3) is 0.143. The maximum Gasteiger partial charge on any atom is 0.272 e. The number of hydrogen-bond donors (Lipinski definition) is 2. The molecular formula is C7H9N3O. The normalized spacial score (nSPS) is 9.09. The van der Waals surface area contributed by atoms with Gasteiger partial charge in [0.05, 0.1) is 0 Å². The van der Waals surface area contributed by atoms with Gasteiger partial charge in [-0.3, -0.25) is 9.89 Å². The molecule has 4 nitrogen and oxygen atoms in total. The van der Waals surface area contributed by atoms with Gasteiger partial charge >= 0.3 is 0 Å². The topological polar surface area (TPSA) is 57.8 Å². The second-order valence-electron chi connectivity index (χ2n) is 1.96. The van der Waals surface area contributed by atoms with Crippen molar-refractivity contribution >= 4 is 5.91 Å². The second kappa shape index (κ2) is 3.55. The minimum absolute atomic E-state index is 0.189. The molecule has 0 spiro atoms. The number of nitrogens with one attached hydrogen (secondary N) is 2. The lowest BCUT2D eigenvalue weighted by Gasteiger charge is -1.95. The Bertz CT molecular complexity index is 240. The molecule has 0 aromatic carbocycles. The van der Waals surface area contributed by atoms with Gasteiger partial charge in [0.2, 0.25) is 0 Å². The molecule has 0 saturated heterocycles. The molecular weight excluding hydrogens is 142 g/mol. The van der Waals surface area contributed by atoms with Crippen molar-refractivity contribution < 1.29 is 4.79 Å². The van der Waals surface area contributed by atoms with Crippen molar-refractivity contribution in [2.75, 3.05) is 6.54 Å². The summed E-state index contributed by atoms with van der Waals surface area (Å²) in [5, 5.41) is 8.84. The molecule has 0 aliphatic carbocycles. The average molecular weight is 151 g/mol. The first-order chi connectivity index (χ1) is 5.34. The molecule has 2 N–H and O–H groups in total. The molecule has 1 rings (SSSR count). The fourth-order valence-electron chi connectivity index (χ4n) is 0.642. The molecule has 0 radical (unpaired) electrons. The SMILES string of the molecule is C=CCNC(=O)c1cc[nH]n1. The van der Waals surface area contributed by atoms with E-state index >= 15 is 0 Å². The summed E-state index contributed by atoms with van der Waals surface area (Å²) in [6, 6.07) is 1.61. The number of nitrogens with zero attached hydrogens (tertiary/aromatic N) is 1. The quantitative estimate of drug-likeness (QED) is 0.611. The van der Waals surface area contributed by atoms with Crippen molar-refractivity contribution in [3.63, 3.8) is 0 Å². The third kappa shape index (κ3) is 1.93. The summed E-state index contributed by atoms with van der Waals surface area (Å²) in [5.74, 6) is -0.189. The van der Waals surface area contributed by atoms with E-state index in [-0.39, 0.29) is 5.91 Å². The fourth-order valence-corrected chi connectivity index (χ4v) is 0.642. The first-order valence-corrected chi connectivity index (χ1v) is 3.23. The van der Waals surface area contributed by atoms with E-state index in [2.05, 4.69) is 22.1 Å². The number of rotatable bonds is 3. The molecule has 0 aliphatic rings. The van der Waals surface area contributed by atoms with Crippen LogP contribution in [0.3, 0.4) is 0 Å². The van der Waals surface area contributed by atoms with Gasteiger partial charge in [-0.1, -0.05) is 6.08 Å². The van der Waals surface area contributed by atoms with Crippen molar-refractivity contribution in [3.05, 3.63) is 30.6 Å². The Morgan fingerprint density at radius 3 is 3.27 bits per heavy atom. The number of carbonyl (C=O) groups is 1. The van der Waals surface area contributed by atoms with E-state index in [0.717, 1.165) is 0 Å². The standard InChI is InChI=1S/C7H9N3O/c1-2-4-8-7(11)6-3-5-9-10-6/h2-3,5H,1,4H2,(H,8,11)(H,9,10). The van der Waals surface area contributed by atoms with Crippen LogP contribution in [0.1, 0.15) is 10.5 Å². The van der Waals surface area contributed by atoms with Crippen molar-refractivity contribution in [2.45, 2.75) is 0 Å². The molecule has 1 amide bonds. The van der Waals surface area contributed by atoms with Gasteiger partial charge in [0.15, 0.2) is 0 Å². The number of aromatic nitrogens is 2. The highest BCUT2D eigenvalue weighted by molar-refractivity contribution is 5.92. The lowest BCUT2D eigenvalue weighted by atomic mass is 10.4. The Balaban J connectivity index is 2.49. The van der Waals surface area contributed by atoms with Gasteiger partial charge in [-0.15, -0.1) is 6.58 Å². The Hall–Kier alpha value is -1.58. The predicted molar refractivity (Wildman–Crippen MR) is 41.1 cm³/mol. The molecule has 0 unspecified atom stereocenters. The van der Waals surface area contributed by atoms with Crippen molar-refractivity contribution in [1.82, 2.24) is 15.5 Å². The first-order valence-electron chi connectivity index (χ1n) is 3.23. The van der Waals surface area contributed by atoms with Crippen LogP contribution < -0.4 is 5.32 Å². The van der Waals surface area contributed by atoms with Gasteiger partial charge in [-0.2, -0.15) is 5.10 Å². The third-order valence-corrected chi connectivity index (χ3v) is 1.14. The largest absolute Gasteiger partial charge is 0.347 e. The predicted octanol–water partition coefficient (Wildman–Crippen LogP) is 0.326. The van der Waals surface area contributed by atoms with Crippen LogP contribution in [0, 0.1) is 0 Å². The molecule has 1 heterocycles. The third-order valence-electron chi connectivity index (χ3n) is 1.14. The molecule has 0 bridgehead atoms. The number of carbonyl (C=O) groups excluding carboxylic acids is 1. The van der Waals surface area contributed by atoms with Crippen LogP contribution in [-0.2, 0) is 0 Å². The number of amides is 1. The van der Waals surface area contributed by atoms with Crippen LogP contribution >= 0.6 is 0 Å². The van der Waals surface area contributed by atoms with Crippen LogP contribution in [0.25, 0.3) is 0 Å². The highest BCUT2D eigenvalue weighted by Crippen LogP contribution is 1.89. The minimum atomic E-state index is -0.189. The summed E-state index contributed by atoms with van der Waals surface area (Å²) in [5.41, 5.74) is 0.395. The first kappa shape index (κ1) is 7.53. The van der Waals surface area contributed by atoms with Crippen LogP contribution in [-0.4, -0.2) is 22.6 Å². The maximum atomic E-state index is 11.0. The van der Waals surface area contributed by atoms with Gasteiger partial charge in [-0.05, 0) is 6.07 Å². The summed E-state index contributed by atoms with van der Waals surface area (Å²) in [7, 11) is 0. The lowest BCUT2D eigenvalue weighted by molar-refractivity contribution is 0.0953. The molecule has 0 saturated carbocycles. The highest BCUT2D eigenvalue weighted by atomic mass is 16.1.